The van der Waals surface area contributed by atoms with E-state index in [-0.39, 0.29) is 6.42 Å². The summed E-state index contributed by atoms with van der Waals surface area (Å²) in [5.41, 5.74) is -0.917. The van der Waals surface area contributed by atoms with Crippen molar-refractivity contribution >= 4 is 11.6 Å². The molecule has 0 spiro atoms. The molecule has 1 N–H and O–H groups in total. The highest BCUT2D eigenvalue weighted by atomic mass is 35.5. The molecule has 1 nitrogen and oxygen atoms in total. The van der Waals surface area contributed by atoms with Crippen LogP contribution in [-0.2, 0) is 6.42 Å². The number of benzene rings is 1. The zero-order chi connectivity index (χ0) is 10.9. The van der Waals surface area contributed by atoms with E-state index in [9.17, 15) is 8.78 Å². The number of hydrogen-bond donors (Lipinski definition) is 1. The molecule has 1 fully saturated rings. The van der Waals surface area contributed by atoms with Crippen LogP contribution in [0.4, 0.5) is 8.78 Å². The maximum Gasteiger partial charge on any atom is 0.128 e. The van der Waals surface area contributed by atoms with Gasteiger partial charge in [0.1, 0.15) is 11.5 Å². The summed E-state index contributed by atoms with van der Waals surface area (Å²) in [6.45, 7) is 0.959. The Morgan fingerprint density at radius 2 is 2.27 bits per heavy atom. The maximum absolute atomic E-state index is 14.0. The second-order valence-electron chi connectivity index (χ2n) is 3.99. The van der Waals surface area contributed by atoms with E-state index in [0.29, 0.717) is 30.1 Å². The van der Waals surface area contributed by atoms with E-state index in [2.05, 4.69) is 5.32 Å². The number of nitrogens with one attached hydrogen (secondary N) is 1. The first kappa shape index (κ1) is 10.8. The second-order valence-corrected chi connectivity index (χ2v) is 4.43. The Bertz CT molecular complexity index is 362. The number of hydrogen-bond acceptors (Lipinski definition) is 1. The van der Waals surface area contributed by atoms with E-state index in [4.69, 9.17) is 11.6 Å². The standard InChI is InChI=1S/C11H12ClF2N/c12-9-2-1-8(10(13)5-9)6-11(14)3-4-15-7-11/h1-2,5,15H,3-4,6-7H2. The monoisotopic (exact) mass is 231 g/mol. The van der Waals surface area contributed by atoms with Crippen LogP contribution < -0.4 is 5.32 Å². The molecule has 1 heterocycles. The molecule has 1 aromatic carbocycles. The van der Waals surface area contributed by atoms with E-state index >= 15 is 0 Å². The van der Waals surface area contributed by atoms with Crippen molar-refractivity contribution < 1.29 is 8.78 Å². The van der Waals surface area contributed by atoms with Crippen LogP contribution in [0.1, 0.15) is 12.0 Å². The van der Waals surface area contributed by atoms with Crippen molar-refractivity contribution in [2.45, 2.75) is 18.5 Å². The molecule has 15 heavy (non-hydrogen) atoms. The lowest BCUT2D eigenvalue weighted by molar-refractivity contribution is 0.188. The van der Waals surface area contributed by atoms with Gasteiger partial charge in [-0.05, 0) is 30.7 Å². The average molecular weight is 232 g/mol. The second kappa shape index (κ2) is 4.06. The molecule has 1 saturated heterocycles. The first-order chi connectivity index (χ1) is 7.09. The van der Waals surface area contributed by atoms with Crippen LogP contribution in [0, 0.1) is 5.82 Å². The van der Waals surface area contributed by atoms with Crippen molar-refractivity contribution in [1.82, 2.24) is 5.32 Å². The zero-order valence-electron chi connectivity index (χ0n) is 8.19. The molecule has 0 aromatic heterocycles. The van der Waals surface area contributed by atoms with Gasteiger partial charge in [0.15, 0.2) is 0 Å². The molecule has 82 valence electrons. The van der Waals surface area contributed by atoms with E-state index < -0.39 is 11.5 Å². The molecule has 4 heteroatoms. The van der Waals surface area contributed by atoms with Crippen LogP contribution in [0.25, 0.3) is 0 Å². The van der Waals surface area contributed by atoms with Gasteiger partial charge in [0.2, 0.25) is 0 Å². The summed E-state index contributed by atoms with van der Waals surface area (Å²) in [6, 6.07) is 4.37. The highest BCUT2D eigenvalue weighted by Crippen LogP contribution is 2.27. The van der Waals surface area contributed by atoms with E-state index in [1.807, 2.05) is 0 Å². The topological polar surface area (TPSA) is 12.0 Å². The first-order valence-corrected chi connectivity index (χ1v) is 5.30. The van der Waals surface area contributed by atoms with Crippen molar-refractivity contribution in [3.05, 3.63) is 34.6 Å². The molecule has 0 aliphatic carbocycles. The fourth-order valence-electron chi connectivity index (χ4n) is 1.87. The lowest BCUT2D eigenvalue weighted by Crippen LogP contribution is -2.29. The van der Waals surface area contributed by atoms with Crippen molar-refractivity contribution in [2.24, 2.45) is 0 Å². The summed E-state index contributed by atoms with van der Waals surface area (Å²) < 4.78 is 27.4. The van der Waals surface area contributed by atoms with Crippen LogP contribution >= 0.6 is 11.6 Å². The predicted octanol–water partition coefficient (Wildman–Crippen LogP) is 2.72. The Kier molecular flexibility index (Phi) is 2.94. The fourth-order valence-corrected chi connectivity index (χ4v) is 2.03. The van der Waals surface area contributed by atoms with Gasteiger partial charge in [0.05, 0.1) is 0 Å². The van der Waals surface area contributed by atoms with Crippen molar-refractivity contribution in [3.63, 3.8) is 0 Å². The Balaban J connectivity index is 2.16. The molecule has 1 aliphatic heterocycles. The molecule has 0 radical (unpaired) electrons. The van der Waals surface area contributed by atoms with E-state index in [1.165, 1.54) is 6.07 Å². The molecular formula is C11H12ClF2N. The minimum absolute atomic E-state index is 0.114. The summed E-state index contributed by atoms with van der Waals surface area (Å²) in [6.07, 6.45) is 0.554. The summed E-state index contributed by atoms with van der Waals surface area (Å²) in [4.78, 5) is 0. The number of rotatable bonds is 2. The summed E-state index contributed by atoms with van der Waals surface area (Å²) in [5.74, 6) is -0.425. The van der Waals surface area contributed by atoms with Gasteiger partial charge < -0.3 is 5.32 Å². The summed E-state index contributed by atoms with van der Waals surface area (Å²) in [5, 5.41) is 3.28. The molecule has 2 rings (SSSR count). The van der Waals surface area contributed by atoms with Gasteiger partial charge >= 0.3 is 0 Å². The van der Waals surface area contributed by atoms with Crippen molar-refractivity contribution in [3.8, 4) is 0 Å². The van der Waals surface area contributed by atoms with Gasteiger partial charge in [0, 0.05) is 18.0 Å². The maximum atomic E-state index is 14.0. The van der Waals surface area contributed by atoms with Crippen LogP contribution in [-0.4, -0.2) is 18.8 Å². The number of alkyl halides is 1. The summed E-state index contributed by atoms with van der Waals surface area (Å²) in [7, 11) is 0. The molecule has 1 unspecified atom stereocenters. The molecule has 0 bridgehead atoms. The molecule has 1 atom stereocenters. The third kappa shape index (κ3) is 2.47. The third-order valence-electron chi connectivity index (χ3n) is 2.71. The first-order valence-electron chi connectivity index (χ1n) is 4.93. The van der Waals surface area contributed by atoms with Crippen molar-refractivity contribution in [2.75, 3.05) is 13.1 Å². The highest BCUT2D eigenvalue weighted by Gasteiger charge is 2.34. The minimum atomic E-state index is -1.31. The number of halogens is 3. The van der Waals surface area contributed by atoms with Gasteiger partial charge in [-0.1, -0.05) is 17.7 Å². The van der Waals surface area contributed by atoms with Gasteiger partial charge in [-0.3, -0.25) is 0 Å². The fraction of sp³-hybridized carbons (Fsp3) is 0.455. The normalized spacial score (nSPS) is 25.8. The van der Waals surface area contributed by atoms with Crippen LogP contribution in [0.3, 0.4) is 0 Å². The third-order valence-corrected chi connectivity index (χ3v) is 2.95. The molecule has 0 saturated carbocycles. The Morgan fingerprint density at radius 3 is 2.87 bits per heavy atom. The molecule has 1 aromatic rings. The Hall–Kier alpha value is -0.670. The van der Waals surface area contributed by atoms with Gasteiger partial charge in [-0.25, -0.2) is 8.78 Å². The van der Waals surface area contributed by atoms with E-state index in [0.717, 1.165) is 0 Å². The van der Waals surface area contributed by atoms with Gasteiger partial charge in [-0.2, -0.15) is 0 Å². The minimum Gasteiger partial charge on any atom is -0.313 e. The van der Waals surface area contributed by atoms with Crippen LogP contribution in [0.2, 0.25) is 5.02 Å². The molecule has 0 amide bonds. The van der Waals surface area contributed by atoms with Crippen molar-refractivity contribution in [1.29, 1.82) is 0 Å². The van der Waals surface area contributed by atoms with Crippen LogP contribution in [0.5, 0.6) is 0 Å². The van der Waals surface area contributed by atoms with E-state index in [1.54, 1.807) is 12.1 Å². The quantitative estimate of drug-likeness (QED) is 0.825. The summed E-state index contributed by atoms with van der Waals surface area (Å²) >= 11 is 5.62. The average Bonchev–Trinajstić information content (AvgIpc) is 2.58. The SMILES string of the molecule is Fc1cc(Cl)ccc1CC1(F)CCNC1. The van der Waals surface area contributed by atoms with Crippen LogP contribution in [0.15, 0.2) is 18.2 Å². The molecular weight excluding hydrogens is 220 g/mol. The molecule has 1 aliphatic rings. The predicted molar refractivity (Wildman–Crippen MR) is 56.4 cm³/mol. The lowest BCUT2D eigenvalue weighted by atomic mass is 9.95. The Morgan fingerprint density at radius 1 is 1.47 bits per heavy atom. The highest BCUT2D eigenvalue weighted by molar-refractivity contribution is 6.30. The largest absolute Gasteiger partial charge is 0.313 e. The van der Waals surface area contributed by atoms with Gasteiger partial charge in [0.25, 0.3) is 0 Å². The smallest absolute Gasteiger partial charge is 0.128 e. The lowest BCUT2D eigenvalue weighted by Gasteiger charge is -2.18. The Labute approximate surface area is 92.4 Å². The van der Waals surface area contributed by atoms with Gasteiger partial charge in [-0.15, -0.1) is 0 Å². The zero-order valence-corrected chi connectivity index (χ0v) is 8.95.